The summed E-state index contributed by atoms with van der Waals surface area (Å²) in [6.07, 6.45) is 6.71. The molecule has 0 aromatic carbocycles. The van der Waals surface area contributed by atoms with Crippen LogP contribution in [0.4, 0.5) is 0 Å². The first-order chi connectivity index (χ1) is 6.66. The molecule has 4 atom stereocenters. The molecule has 0 bridgehead atoms. The van der Waals surface area contributed by atoms with Crippen LogP contribution < -0.4 is 5.73 Å². The topological polar surface area (TPSA) is 35.2 Å². The second-order valence-corrected chi connectivity index (χ2v) is 5.37. The van der Waals surface area contributed by atoms with Gasteiger partial charge in [-0.1, -0.05) is 20.3 Å². The molecule has 2 aliphatic rings. The van der Waals surface area contributed by atoms with Gasteiger partial charge in [-0.05, 0) is 37.5 Å². The Morgan fingerprint density at radius 1 is 1.29 bits per heavy atom. The first-order valence-corrected chi connectivity index (χ1v) is 6.04. The number of nitrogens with two attached hydrogens (primary N) is 1. The lowest BCUT2D eigenvalue weighted by Gasteiger charge is -2.42. The minimum absolute atomic E-state index is 0.196. The summed E-state index contributed by atoms with van der Waals surface area (Å²) in [6.45, 7) is 5.40. The van der Waals surface area contributed by atoms with Gasteiger partial charge in [0.05, 0.1) is 11.7 Å². The third-order valence-electron chi connectivity index (χ3n) is 4.24. The first-order valence-electron chi connectivity index (χ1n) is 6.04. The molecular formula is C12H23NO. The lowest BCUT2D eigenvalue weighted by molar-refractivity contribution is -0.103. The van der Waals surface area contributed by atoms with Gasteiger partial charge >= 0.3 is 0 Å². The van der Waals surface area contributed by atoms with E-state index in [9.17, 15) is 0 Å². The van der Waals surface area contributed by atoms with Crippen molar-refractivity contribution >= 4 is 0 Å². The monoisotopic (exact) mass is 197 g/mol. The van der Waals surface area contributed by atoms with Crippen LogP contribution in [0.5, 0.6) is 0 Å². The molecular weight excluding hydrogens is 174 g/mol. The van der Waals surface area contributed by atoms with Gasteiger partial charge in [0.1, 0.15) is 0 Å². The Labute approximate surface area is 87.2 Å². The van der Waals surface area contributed by atoms with E-state index < -0.39 is 0 Å². The van der Waals surface area contributed by atoms with Gasteiger partial charge in [-0.15, -0.1) is 0 Å². The molecule has 0 aromatic heterocycles. The maximum Gasteiger partial charge on any atom is 0.0715 e. The fourth-order valence-corrected chi connectivity index (χ4v) is 3.22. The van der Waals surface area contributed by atoms with Crippen molar-refractivity contribution in [3.8, 4) is 0 Å². The number of rotatable bonds is 1. The zero-order valence-corrected chi connectivity index (χ0v) is 9.46. The maximum atomic E-state index is 6.20. The fraction of sp³-hybridized carbons (Fsp3) is 1.00. The second kappa shape index (κ2) is 3.82. The molecule has 0 amide bonds. The van der Waals surface area contributed by atoms with Crippen LogP contribution in [0, 0.1) is 11.8 Å². The van der Waals surface area contributed by atoms with Crippen molar-refractivity contribution in [2.75, 3.05) is 6.54 Å². The van der Waals surface area contributed by atoms with Crippen LogP contribution in [0.3, 0.4) is 0 Å². The Hall–Kier alpha value is -0.0800. The van der Waals surface area contributed by atoms with Crippen molar-refractivity contribution in [3.05, 3.63) is 0 Å². The summed E-state index contributed by atoms with van der Waals surface area (Å²) in [5.74, 6) is 1.57. The van der Waals surface area contributed by atoms with Gasteiger partial charge in [0.15, 0.2) is 0 Å². The average molecular weight is 197 g/mol. The molecule has 2 rings (SSSR count). The lowest BCUT2D eigenvalue weighted by atomic mass is 9.71. The normalized spacial score (nSPS) is 48.6. The summed E-state index contributed by atoms with van der Waals surface area (Å²) in [5, 5.41) is 0. The minimum atomic E-state index is 0.196. The van der Waals surface area contributed by atoms with E-state index in [1.165, 1.54) is 32.1 Å². The molecule has 0 aromatic rings. The zero-order chi connectivity index (χ0) is 10.2. The highest BCUT2D eigenvalue weighted by Crippen LogP contribution is 2.47. The van der Waals surface area contributed by atoms with Crippen LogP contribution in [0.2, 0.25) is 0 Å². The molecule has 1 heterocycles. The van der Waals surface area contributed by atoms with E-state index in [-0.39, 0.29) is 5.60 Å². The molecule has 82 valence electrons. The van der Waals surface area contributed by atoms with Crippen LogP contribution in [0.25, 0.3) is 0 Å². The van der Waals surface area contributed by atoms with Crippen molar-refractivity contribution in [2.45, 2.75) is 57.7 Å². The van der Waals surface area contributed by atoms with E-state index >= 15 is 0 Å². The summed E-state index contributed by atoms with van der Waals surface area (Å²) in [4.78, 5) is 0. The van der Waals surface area contributed by atoms with Crippen LogP contribution in [0.1, 0.15) is 46.0 Å². The van der Waals surface area contributed by atoms with Crippen LogP contribution >= 0.6 is 0 Å². The standard InChI is InChI=1S/C12H23NO/c1-9-3-4-10(2)12(7-9)6-5-11(8-13)14-12/h9-11H,3-8,13H2,1-2H3/t9-,10+,11+,12-/m1/s1. The summed E-state index contributed by atoms with van der Waals surface area (Å²) in [5.41, 5.74) is 5.88. The third kappa shape index (κ3) is 1.70. The summed E-state index contributed by atoms with van der Waals surface area (Å²) in [7, 11) is 0. The maximum absolute atomic E-state index is 6.20. The highest BCUT2D eigenvalue weighted by Gasteiger charge is 2.46. The number of hydrogen-bond acceptors (Lipinski definition) is 2. The summed E-state index contributed by atoms with van der Waals surface area (Å²) >= 11 is 0. The van der Waals surface area contributed by atoms with Gasteiger partial charge in [0, 0.05) is 6.54 Å². The van der Waals surface area contributed by atoms with Crippen molar-refractivity contribution in [2.24, 2.45) is 17.6 Å². The molecule has 1 saturated heterocycles. The quantitative estimate of drug-likeness (QED) is 0.700. The highest BCUT2D eigenvalue weighted by molar-refractivity contribution is 4.97. The SMILES string of the molecule is C[C@@H]1CC[C@H](C)[C@@]2(CC[C@@H](CN)O2)C1. The Bertz CT molecular complexity index is 206. The van der Waals surface area contributed by atoms with Crippen molar-refractivity contribution in [1.29, 1.82) is 0 Å². The van der Waals surface area contributed by atoms with Gasteiger partial charge in [-0.2, -0.15) is 0 Å². The Kier molecular flexibility index (Phi) is 2.85. The fourth-order valence-electron chi connectivity index (χ4n) is 3.22. The van der Waals surface area contributed by atoms with E-state index in [4.69, 9.17) is 10.5 Å². The van der Waals surface area contributed by atoms with Gasteiger partial charge in [-0.3, -0.25) is 0 Å². The molecule has 0 unspecified atom stereocenters. The number of hydrogen-bond donors (Lipinski definition) is 1. The van der Waals surface area contributed by atoms with Gasteiger partial charge in [0.25, 0.3) is 0 Å². The summed E-state index contributed by atoms with van der Waals surface area (Å²) < 4.78 is 6.20. The smallest absolute Gasteiger partial charge is 0.0715 e. The molecule has 1 aliphatic heterocycles. The third-order valence-corrected chi connectivity index (χ3v) is 4.24. The Balaban J connectivity index is 2.06. The van der Waals surface area contributed by atoms with Crippen molar-refractivity contribution in [3.63, 3.8) is 0 Å². The molecule has 0 radical (unpaired) electrons. The van der Waals surface area contributed by atoms with Crippen LogP contribution in [0.15, 0.2) is 0 Å². The minimum Gasteiger partial charge on any atom is -0.370 e. The predicted molar refractivity (Wildman–Crippen MR) is 58.1 cm³/mol. The molecule has 1 saturated carbocycles. The van der Waals surface area contributed by atoms with Gasteiger partial charge in [0.2, 0.25) is 0 Å². The highest BCUT2D eigenvalue weighted by atomic mass is 16.5. The van der Waals surface area contributed by atoms with E-state index in [0.717, 1.165) is 11.8 Å². The Morgan fingerprint density at radius 2 is 2.07 bits per heavy atom. The molecule has 1 spiro atoms. The van der Waals surface area contributed by atoms with Crippen LogP contribution in [-0.2, 0) is 4.74 Å². The van der Waals surface area contributed by atoms with Crippen molar-refractivity contribution < 1.29 is 4.74 Å². The first kappa shape index (κ1) is 10.4. The second-order valence-electron chi connectivity index (χ2n) is 5.37. The average Bonchev–Trinajstić information content (AvgIpc) is 2.57. The van der Waals surface area contributed by atoms with Crippen LogP contribution in [-0.4, -0.2) is 18.2 Å². The van der Waals surface area contributed by atoms with Gasteiger partial charge < -0.3 is 10.5 Å². The molecule has 1 aliphatic carbocycles. The molecule has 2 fully saturated rings. The molecule has 2 N–H and O–H groups in total. The van der Waals surface area contributed by atoms with E-state index in [2.05, 4.69) is 13.8 Å². The molecule has 2 heteroatoms. The molecule has 2 nitrogen and oxygen atoms in total. The van der Waals surface area contributed by atoms with E-state index in [0.29, 0.717) is 12.6 Å². The van der Waals surface area contributed by atoms with Gasteiger partial charge in [-0.25, -0.2) is 0 Å². The largest absolute Gasteiger partial charge is 0.370 e. The van der Waals surface area contributed by atoms with E-state index in [1.807, 2.05) is 0 Å². The van der Waals surface area contributed by atoms with E-state index in [1.54, 1.807) is 0 Å². The lowest BCUT2D eigenvalue weighted by Crippen LogP contribution is -2.42. The zero-order valence-electron chi connectivity index (χ0n) is 9.46. The summed E-state index contributed by atoms with van der Waals surface area (Å²) in [6, 6.07) is 0. The predicted octanol–water partition coefficient (Wildman–Crippen LogP) is 2.32. The Morgan fingerprint density at radius 3 is 2.71 bits per heavy atom. The number of ether oxygens (including phenoxy) is 1. The molecule has 14 heavy (non-hydrogen) atoms. The van der Waals surface area contributed by atoms with Crippen molar-refractivity contribution in [1.82, 2.24) is 0 Å².